The summed E-state index contributed by atoms with van der Waals surface area (Å²) in [6.07, 6.45) is 1.75. The summed E-state index contributed by atoms with van der Waals surface area (Å²) in [4.78, 5) is 4.51. The second-order valence-electron chi connectivity index (χ2n) is 6.01. The molecule has 0 bridgehead atoms. The molecule has 1 heterocycles. The normalized spacial score (nSPS) is 19.1. The van der Waals surface area contributed by atoms with Crippen molar-refractivity contribution in [2.24, 2.45) is 5.92 Å². The Bertz CT molecular complexity index is 442. The molecule has 1 atom stereocenters. The van der Waals surface area contributed by atoms with E-state index < -0.39 is 6.10 Å². The van der Waals surface area contributed by atoms with Gasteiger partial charge in [0.25, 0.3) is 0 Å². The Hall–Kier alpha value is -1.13. The largest absolute Gasteiger partial charge is 0.389 e. The molecule has 112 valence electrons. The molecular weight excluding hydrogens is 255 g/mol. The predicted molar refractivity (Wildman–Crippen MR) is 80.5 cm³/mol. The monoisotopic (exact) mass is 280 g/mol. The van der Waals surface area contributed by atoms with Gasteiger partial charge in [0.15, 0.2) is 0 Å². The maximum absolute atomic E-state index is 13.3. The van der Waals surface area contributed by atoms with Crippen LogP contribution < -0.4 is 4.90 Å². The highest BCUT2D eigenvalue weighted by molar-refractivity contribution is 5.54. The number of hydrogen-bond donors (Lipinski definition) is 1. The molecule has 0 amide bonds. The Labute approximate surface area is 121 Å². The second kappa shape index (κ2) is 6.55. The number of anilines is 1. The van der Waals surface area contributed by atoms with Crippen molar-refractivity contribution in [2.45, 2.75) is 25.9 Å². The smallest absolute Gasteiger partial charge is 0.123 e. The predicted octanol–water partition coefficient (Wildman–Crippen LogP) is 2.66. The van der Waals surface area contributed by atoms with E-state index >= 15 is 0 Å². The number of aliphatic hydroxyl groups excluding tert-OH is 1. The zero-order valence-corrected chi connectivity index (χ0v) is 12.6. The molecule has 1 aliphatic heterocycles. The van der Waals surface area contributed by atoms with Crippen LogP contribution in [-0.4, -0.2) is 43.7 Å². The maximum atomic E-state index is 13.3. The molecule has 0 saturated carbocycles. The van der Waals surface area contributed by atoms with E-state index in [2.05, 4.69) is 16.8 Å². The summed E-state index contributed by atoms with van der Waals surface area (Å²) in [7, 11) is 4.18. The zero-order chi connectivity index (χ0) is 14.7. The van der Waals surface area contributed by atoms with Crippen LogP contribution >= 0.6 is 0 Å². The lowest BCUT2D eigenvalue weighted by atomic mass is 9.96. The molecule has 20 heavy (non-hydrogen) atoms. The van der Waals surface area contributed by atoms with Gasteiger partial charge in [-0.15, -0.1) is 0 Å². The Morgan fingerprint density at radius 2 is 2.05 bits per heavy atom. The fourth-order valence-corrected chi connectivity index (χ4v) is 2.94. The van der Waals surface area contributed by atoms with Gasteiger partial charge in [-0.3, -0.25) is 0 Å². The number of aliphatic hydroxyl groups is 1. The van der Waals surface area contributed by atoms with Crippen LogP contribution in [0.3, 0.4) is 0 Å². The zero-order valence-electron chi connectivity index (χ0n) is 12.6. The molecule has 1 unspecified atom stereocenters. The third-order valence-electron chi connectivity index (χ3n) is 4.22. The highest BCUT2D eigenvalue weighted by Crippen LogP contribution is 2.28. The summed E-state index contributed by atoms with van der Waals surface area (Å²) >= 11 is 0. The standard InChI is InChI=1S/C16H25FN2O/c1-12(20)15-10-14(17)4-5-16(15)19(3)11-13-6-8-18(2)9-7-13/h4-5,10,12-13,20H,6-9,11H2,1-3H3. The first kappa shape index (κ1) is 15.3. The molecule has 4 heteroatoms. The first-order valence-corrected chi connectivity index (χ1v) is 7.34. The highest BCUT2D eigenvalue weighted by Gasteiger charge is 2.20. The third-order valence-corrected chi connectivity index (χ3v) is 4.22. The average Bonchev–Trinajstić information content (AvgIpc) is 2.41. The summed E-state index contributed by atoms with van der Waals surface area (Å²) in [5, 5.41) is 9.82. The number of hydrogen-bond acceptors (Lipinski definition) is 3. The van der Waals surface area contributed by atoms with Crippen LogP contribution in [0.25, 0.3) is 0 Å². The summed E-state index contributed by atoms with van der Waals surface area (Å²) in [5.41, 5.74) is 1.60. The topological polar surface area (TPSA) is 26.7 Å². The van der Waals surface area contributed by atoms with Crippen LogP contribution in [0, 0.1) is 11.7 Å². The first-order chi connectivity index (χ1) is 9.47. The van der Waals surface area contributed by atoms with Gasteiger partial charge in [0.05, 0.1) is 6.10 Å². The first-order valence-electron chi connectivity index (χ1n) is 7.34. The van der Waals surface area contributed by atoms with Crippen molar-refractivity contribution in [3.63, 3.8) is 0 Å². The lowest BCUT2D eigenvalue weighted by Gasteiger charge is -2.33. The number of likely N-dealkylation sites (tertiary alicyclic amines) is 1. The van der Waals surface area contributed by atoms with E-state index in [9.17, 15) is 9.50 Å². The molecule has 1 saturated heterocycles. The molecule has 0 aromatic heterocycles. The molecular formula is C16H25FN2O. The summed E-state index contributed by atoms with van der Waals surface area (Å²) < 4.78 is 13.3. The van der Waals surface area contributed by atoms with Crippen molar-refractivity contribution in [1.82, 2.24) is 4.90 Å². The van der Waals surface area contributed by atoms with Crippen molar-refractivity contribution in [1.29, 1.82) is 0 Å². The average molecular weight is 280 g/mol. The van der Waals surface area contributed by atoms with Crippen LogP contribution in [-0.2, 0) is 0 Å². The van der Waals surface area contributed by atoms with Crippen LogP contribution in [0.15, 0.2) is 18.2 Å². The van der Waals surface area contributed by atoms with Gasteiger partial charge < -0.3 is 14.9 Å². The van der Waals surface area contributed by atoms with E-state index in [1.165, 1.54) is 25.0 Å². The molecule has 1 fully saturated rings. The van der Waals surface area contributed by atoms with E-state index in [0.29, 0.717) is 11.5 Å². The molecule has 2 rings (SSSR count). The van der Waals surface area contributed by atoms with Gasteiger partial charge >= 0.3 is 0 Å². The van der Waals surface area contributed by atoms with Gasteiger partial charge in [0, 0.05) is 24.8 Å². The SMILES string of the molecule is CC(O)c1cc(F)ccc1N(C)CC1CCN(C)CC1. The van der Waals surface area contributed by atoms with Crippen molar-refractivity contribution in [3.05, 3.63) is 29.6 Å². The van der Waals surface area contributed by atoms with Crippen molar-refractivity contribution >= 4 is 5.69 Å². The lowest BCUT2D eigenvalue weighted by molar-refractivity contribution is 0.198. The third kappa shape index (κ3) is 3.70. The van der Waals surface area contributed by atoms with Crippen molar-refractivity contribution in [3.8, 4) is 0 Å². The van der Waals surface area contributed by atoms with Gasteiger partial charge in [0.2, 0.25) is 0 Å². The molecule has 0 radical (unpaired) electrons. The second-order valence-corrected chi connectivity index (χ2v) is 6.01. The number of benzene rings is 1. The van der Waals surface area contributed by atoms with Gasteiger partial charge in [-0.25, -0.2) is 4.39 Å². The van der Waals surface area contributed by atoms with Gasteiger partial charge in [0.1, 0.15) is 5.82 Å². The van der Waals surface area contributed by atoms with Crippen LogP contribution in [0.2, 0.25) is 0 Å². The van der Waals surface area contributed by atoms with Gasteiger partial charge in [-0.1, -0.05) is 0 Å². The lowest BCUT2D eigenvalue weighted by Crippen LogP contribution is -2.36. The Kier molecular flexibility index (Phi) is 5.00. The Morgan fingerprint density at radius 1 is 1.40 bits per heavy atom. The van der Waals surface area contributed by atoms with Crippen molar-refractivity contribution < 1.29 is 9.50 Å². The summed E-state index contributed by atoms with van der Waals surface area (Å²) in [5.74, 6) is 0.375. The fraction of sp³-hybridized carbons (Fsp3) is 0.625. The van der Waals surface area contributed by atoms with E-state index in [1.54, 1.807) is 13.0 Å². The quantitative estimate of drug-likeness (QED) is 0.918. The van der Waals surface area contributed by atoms with E-state index in [0.717, 1.165) is 25.3 Å². The fourth-order valence-electron chi connectivity index (χ4n) is 2.94. The molecule has 0 spiro atoms. The molecule has 1 aromatic carbocycles. The van der Waals surface area contributed by atoms with Gasteiger partial charge in [-0.2, -0.15) is 0 Å². The molecule has 1 aliphatic rings. The number of rotatable bonds is 4. The van der Waals surface area contributed by atoms with Crippen LogP contribution in [0.5, 0.6) is 0 Å². The molecule has 1 N–H and O–H groups in total. The van der Waals surface area contributed by atoms with E-state index in [-0.39, 0.29) is 5.82 Å². The van der Waals surface area contributed by atoms with Crippen molar-refractivity contribution in [2.75, 3.05) is 38.6 Å². The number of halogens is 1. The molecule has 3 nitrogen and oxygen atoms in total. The highest BCUT2D eigenvalue weighted by atomic mass is 19.1. The summed E-state index contributed by atoms with van der Waals surface area (Å²) in [6, 6.07) is 4.67. The molecule has 0 aliphatic carbocycles. The Morgan fingerprint density at radius 3 is 2.65 bits per heavy atom. The minimum absolute atomic E-state index is 0.294. The van der Waals surface area contributed by atoms with Crippen LogP contribution in [0.4, 0.5) is 10.1 Å². The van der Waals surface area contributed by atoms with E-state index in [4.69, 9.17) is 0 Å². The number of nitrogens with zero attached hydrogens (tertiary/aromatic N) is 2. The molecule has 1 aromatic rings. The van der Waals surface area contributed by atoms with E-state index in [1.807, 2.05) is 7.05 Å². The maximum Gasteiger partial charge on any atom is 0.123 e. The van der Waals surface area contributed by atoms with Crippen LogP contribution in [0.1, 0.15) is 31.4 Å². The minimum atomic E-state index is -0.652. The minimum Gasteiger partial charge on any atom is -0.389 e. The summed E-state index contributed by atoms with van der Waals surface area (Å²) in [6.45, 7) is 4.93. The van der Waals surface area contributed by atoms with Gasteiger partial charge in [-0.05, 0) is 64.0 Å². The number of piperidine rings is 1. The Balaban J connectivity index is 2.07.